The quantitative estimate of drug-likeness (QED) is 0.657. The van der Waals surface area contributed by atoms with Crippen molar-refractivity contribution in [3.05, 3.63) is 58.7 Å². The maximum atomic E-state index is 13.2. The number of aromatic nitrogens is 2. The molecule has 132 valence electrons. The summed E-state index contributed by atoms with van der Waals surface area (Å²) in [5, 5.41) is 1.23. The van der Waals surface area contributed by atoms with Gasteiger partial charge in [0.05, 0.1) is 29.1 Å². The fourth-order valence-electron chi connectivity index (χ4n) is 2.85. The molecular weight excluding hydrogens is 370 g/mol. The molecule has 1 aromatic carbocycles. The topological polar surface area (TPSA) is 55.3 Å². The van der Waals surface area contributed by atoms with Crippen molar-refractivity contribution in [2.24, 2.45) is 0 Å². The van der Waals surface area contributed by atoms with Gasteiger partial charge < -0.3 is 9.64 Å². The second kappa shape index (κ2) is 7.05. The Morgan fingerprint density at radius 2 is 2.19 bits per heavy atom. The van der Waals surface area contributed by atoms with Gasteiger partial charge in [-0.3, -0.25) is 9.78 Å². The second-order valence-electron chi connectivity index (χ2n) is 5.90. The Hall–Kier alpha value is -2.44. The van der Waals surface area contributed by atoms with E-state index in [0.29, 0.717) is 27.9 Å². The summed E-state index contributed by atoms with van der Waals surface area (Å²) >= 11 is 7.62. The average Bonchev–Trinajstić information content (AvgIpc) is 3.18. The van der Waals surface area contributed by atoms with Crippen LogP contribution in [0.25, 0.3) is 10.7 Å². The van der Waals surface area contributed by atoms with Crippen LogP contribution in [0.3, 0.4) is 0 Å². The zero-order valence-corrected chi connectivity index (χ0v) is 15.6. The largest absolute Gasteiger partial charge is 0.485 e. The highest BCUT2D eigenvalue weighted by Gasteiger charge is 2.31. The van der Waals surface area contributed by atoms with Crippen LogP contribution in [0.4, 0.5) is 5.69 Å². The summed E-state index contributed by atoms with van der Waals surface area (Å²) in [5.41, 5.74) is 1.45. The van der Waals surface area contributed by atoms with Gasteiger partial charge in [0, 0.05) is 6.20 Å². The van der Waals surface area contributed by atoms with E-state index in [2.05, 4.69) is 9.97 Å². The van der Waals surface area contributed by atoms with E-state index in [9.17, 15) is 4.79 Å². The van der Waals surface area contributed by atoms with Gasteiger partial charge in [-0.25, -0.2) is 4.98 Å². The van der Waals surface area contributed by atoms with Crippen molar-refractivity contribution in [1.82, 2.24) is 9.97 Å². The van der Waals surface area contributed by atoms with Crippen molar-refractivity contribution >= 4 is 34.5 Å². The first-order valence-corrected chi connectivity index (χ1v) is 9.51. The normalized spacial score (nSPS) is 16.1. The van der Waals surface area contributed by atoms with Gasteiger partial charge in [0.15, 0.2) is 5.75 Å². The molecule has 0 N–H and O–H groups in total. The Kier molecular flexibility index (Phi) is 4.61. The number of fused-ring (bicyclic) bond motifs is 1. The molecule has 0 bridgehead atoms. The molecule has 0 saturated heterocycles. The van der Waals surface area contributed by atoms with Crippen molar-refractivity contribution in [1.29, 1.82) is 0 Å². The van der Waals surface area contributed by atoms with E-state index < -0.39 is 0 Å². The first kappa shape index (κ1) is 17.0. The van der Waals surface area contributed by atoms with Crippen LogP contribution in [-0.4, -0.2) is 28.5 Å². The fourth-order valence-corrected chi connectivity index (χ4v) is 3.91. The lowest BCUT2D eigenvalue weighted by Crippen LogP contribution is -2.43. The van der Waals surface area contributed by atoms with E-state index in [-0.39, 0.29) is 12.0 Å². The summed E-state index contributed by atoms with van der Waals surface area (Å²) in [6, 6.07) is 11.1. The van der Waals surface area contributed by atoms with E-state index in [1.54, 1.807) is 23.4 Å². The molecule has 0 saturated carbocycles. The molecule has 0 spiro atoms. The molecule has 1 aliphatic rings. The standard InChI is InChI=1S/C19H16ClN3O2S/c1-2-12-11-23(15-8-5-6-13(20)17(15)25-12)19(24)16-10-22-18(26-16)14-7-3-4-9-21-14/h3-10,12H,2,11H2,1H3/t12-/m1/s1. The van der Waals surface area contributed by atoms with Crippen LogP contribution >= 0.6 is 22.9 Å². The van der Waals surface area contributed by atoms with Crippen molar-refractivity contribution in [3.8, 4) is 16.5 Å². The highest BCUT2D eigenvalue weighted by Crippen LogP contribution is 2.40. The smallest absolute Gasteiger partial charge is 0.270 e. The zero-order chi connectivity index (χ0) is 18.1. The number of anilines is 1. The van der Waals surface area contributed by atoms with Crippen LogP contribution in [0, 0.1) is 0 Å². The Balaban J connectivity index is 1.68. The highest BCUT2D eigenvalue weighted by molar-refractivity contribution is 7.17. The molecule has 26 heavy (non-hydrogen) atoms. The fraction of sp³-hybridized carbons (Fsp3) is 0.211. The molecule has 2 aromatic heterocycles. The molecular formula is C19H16ClN3O2S. The molecule has 7 heteroatoms. The van der Waals surface area contributed by atoms with E-state index in [0.717, 1.165) is 17.1 Å². The summed E-state index contributed by atoms with van der Waals surface area (Å²) < 4.78 is 5.95. The lowest BCUT2D eigenvalue weighted by atomic mass is 10.1. The third-order valence-corrected chi connectivity index (χ3v) is 5.51. The number of carbonyl (C=O) groups is 1. The van der Waals surface area contributed by atoms with Gasteiger partial charge >= 0.3 is 0 Å². The molecule has 1 amide bonds. The summed E-state index contributed by atoms with van der Waals surface area (Å²) in [6.45, 7) is 2.51. The first-order valence-electron chi connectivity index (χ1n) is 8.31. The lowest BCUT2D eigenvalue weighted by Gasteiger charge is -2.34. The van der Waals surface area contributed by atoms with Gasteiger partial charge in [-0.2, -0.15) is 0 Å². The van der Waals surface area contributed by atoms with Crippen LogP contribution in [0.1, 0.15) is 23.0 Å². The minimum absolute atomic E-state index is 0.0884. The van der Waals surface area contributed by atoms with Crippen molar-refractivity contribution in [2.45, 2.75) is 19.4 Å². The Labute approximate surface area is 160 Å². The Bertz CT molecular complexity index is 945. The molecule has 4 rings (SSSR count). The van der Waals surface area contributed by atoms with Crippen LogP contribution in [0.2, 0.25) is 5.02 Å². The minimum Gasteiger partial charge on any atom is -0.485 e. The van der Waals surface area contributed by atoms with E-state index >= 15 is 0 Å². The maximum absolute atomic E-state index is 13.2. The summed E-state index contributed by atoms with van der Waals surface area (Å²) in [6.07, 6.45) is 4.02. The highest BCUT2D eigenvalue weighted by atomic mass is 35.5. The number of hydrogen-bond acceptors (Lipinski definition) is 5. The minimum atomic E-state index is -0.102. The molecule has 3 aromatic rings. The number of hydrogen-bond donors (Lipinski definition) is 0. The Morgan fingerprint density at radius 3 is 2.96 bits per heavy atom. The maximum Gasteiger partial charge on any atom is 0.270 e. The number of benzene rings is 1. The molecule has 0 unspecified atom stereocenters. The van der Waals surface area contributed by atoms with Gasteiger partial charge in [-0.1, -0.05) is 30.7 Å². The number of carbonyl (C=O) groups excluding carboxylic acids is 1. The molecule has 5 nitrogen and oxygen atoms in total. The number of halogens is 1. The third-order valence-electron chi connectivity index (χ3n) is 4.21. The van der Waals surface area contributed by atoms with Gasteiger partial charge in [0.1, 0.15) is 16.0 Å². The predicted octanol–water partition coefficient (Wildman–Crippen LogP) is 4.68. The third kappa shape index (κ3) is 3.06. The van der Waals surface area contributed by atoms with Crippen LogP contribution in [-0.2, 0) is 0 Å². The van der Waals surface area contributed by atoms with E-state index in [1.165, 1.54) is 11.3 Å². The Morgan fingerprint density at radius 1 is 1.31 bits per heavy atom. The molecule has 1 atom stereocenters. The average molecular weight is 386 g/mol. The molecule has 0 radical (unpaired) electrons. The van der Waals surface area contributed by atoms with Crippen molar-refractivity contribution in [3.63, 3.8) is 0 Å². The van der Waals surface area contributed by atoms with E-state index in [4.69, 9.17) is 16.3 Å². The van der Waals surface area contributed by atoms with Crippen LogP contribution in [0.15, 0.2) is 48.8 Å². The molecule has 3 heterocycles. The van der Waals surface area contributed by atoms with Gasteiger partial charge in [0.25, 0.3) is 5.91 Å². The number of pyridine rings is 1. The van der Waals surface area contributed by atoms with Gasteiger partial charge in [-0.15, -0.1) is 11.3 Å². The monoisotopic (exact) mass is 385 g/mol. The second-order valence-corrected chi connectivity index (χ2v) is 7.33. The molecule has 0 aliphatic carbocycles. The molecule has 1 aliphatic heterocycles. The first-order chi connectivity index (χ1) is 12.7. The number of nitrogens with zero attached hydrogens (tertiary/aromatic N) is 3. The molecule has 0 fully saturated rings. The van der Waals surface area contributed by atoms with Crippen LogP contribution in [0.5, 0.6) is 5.75 Å². The number of para-hydroxylation sites is 1. The van der Waals surface area contributed by atoms with Gasteiger partial charge in [-0.05, 0) is 30.7 Å². The number of ether oxygens (including phenoxy) is 1. The zero-order valence-electron chi connectivity index (χ0n) is 14.1. The number of rotatable bonds is 3. The summed E-state index contributed by atoms with van der Waals surface area (Å²) in [5.74, 6) is 0.463. The summed E-state index contributed by atoms with van der Waals surface area (Å²) in [4.78, 5) is 24.1. The number of thiazole rings is 1. The number of amides is 1. The van der Waals surface area contributed by atoms with Crippen molar-refractivity contribution < 1.29 is 9.53 Å². The predicted molar refractivity (Wildman–Crippen MR) is 103 cm³/mol. The SMILES string of the molecule is CC[C@@H]1CN(C(=O)c2cnc(-c3ccccn3)s2)c2cccc(Cl)c2O1. The van der Waals surface area contributed by atoms with Crippen molar-refractivity contribution in [2.75, 3.05) is 11.4 Å². The van der Waals surface area contributed by atoms with Gasteiger partial charge in [0.2, 0.25) is 0 Å². The lowest BCUT2D eigenvalue weighted by molar-refractivity contribution is 0.0958. The van der Waals surface area contributed by atoms with E-state index in [1.807, 2.05) is 37.3 Å². The summed E-state index contributed by atoms with van der Waals surface area (Å²) in [7, 11) is 0. The van der Waals surface area contributed by atoms with Crippen LogP contribution < -0.4 is 9.64 Å².